The van der Waals surface area contributed by atoms with Crippen LogP contribution in [0.2, 0.25) is 0 Å². The number of amides is 2. The van der Waals surface area contributed by atoms with Crippen molar-refractivity contribution in [2.45, 2.75) is 73.0 Å². The average Bonchev–Trinajstić information content (AvgIpc) is 2.54. The van der Waals surface area contributed by atoms with Crippen molar-refractivity contribution in [3.8, 4) is 0 Å². The number of carbonyl (C=O) groups excluding carboxylic acids is 3. The van der Waals surface area contributed by atoms with Crippen LogP contribution in [0.3, 0.4) is 0 Å². The number of hydrogen-bond donors (Lipinski definition) is 0. The molecule has 0 saturated carbocycles. The molecule has 2 amide bonds. The molecule has 8 heteroatoms. The molecule has 30 heavy (non-hydrogen) atoms. The number of ether oxygens (including phenoxy) is 3. The number of aromatic nitrogens is 1. The van der Waals surface area contributed by atoms with Crippen molar-refractivity contribution in [3.05, 3.63) is 35.5 Å². The van der Waals surface area contributed by atoms with E-state index in [-0.39, 0.29) is 24.4 Å². The summed E-state index contributed by atoms with van der Waals surface area (Å²) < 4.78 is 15.7. The number of aryl methyl sites for hydroxylation is 1. The van der Waals surface area contributed by atoms with Gasteiger partial charge in [0.05, 0.1) is 6.61 Å². The highest BCUT2D eigenvalue weighted by atomic mass is 16.6. The number of rotatable bonds is 5. The van der Waals surface area contributed by atoms with Crippen molar-refractivity contribution in [2.24, 2.45) is 0 Å². The smallest absolute Gasteiger partial charge is 0.425 e. The molecule has 1 aromatic rings. The van der Waals surface area contributed by atoms with Crippen molar-refractivity contribution in [3.63, 3.8) is 0 Å². The van der Waals surface area contributed by atoms with E-state index in [2.05, 4.69) is 11.6 Å². The van der Waals surface area contributed by atoms with Crippen LogP contribution in [0, 0.1) is 6.92 Å². The Morgan fingerprint density at radius 3 is 1.93 bits per heavy atom. The van der Waals surface area contributed by atoms with Gasteiger partial charge in [0, 0.05) is 18.2 Å². The normalized spacial score (nSPS) is 11.5. The first-order chi connectivity index (χ1) is 13.6. The zero-order valence-corrected chi connectivity index (χ0v) is 19.1. The van der Waals surface area contributed by atoms with Crippen LogP contribution in [0.1, 0.15) is 59.6 Å². The van der Waals surface area contributed by atoms with Crippen molar-refractivity contribution >= 4 is 24.0 Å². The molecule has 1 aromatic heterocycles. The fourth-order valence-corrected chi connectivity index (χ4v) is 2.37. The van der Waals surface area contributed by atoms with Gasteiger partial charge < -0.3 is 14.2 Å². The highest BCUT2D eigenvalue weighted by molar-refractivity contribution is 6.09. The van der Waals surface area contributed by atoms with E-state index in [1.807, 2.05) is 0 Å². The number of hydrogen-bond acceptors (Lipinski definition) is 7. The summed E-state index contributed by atoms with van der Waals surface area (Å²) in [5.74, 6) is -0.396. The summed E-state index contributed by atoms with van der Waals surface area (Å²) in [6.07, 6.45) is -0.0904. The molecule has 0 aliphatic carbocycles. The van der Waals surface area contributed by atoms with Crippen LogP contribution in [0.5, 0.6) is 0 Å². The highest BCUT2D eigenvalue weighted by Crippen LogP contribution is 2.24. The fourth-order valence-electron chi connectivity index (χ4n) is 2.37. The van der Waals surface area contributed by atoms with Gasteiger partial charge in [-0.25, -0.2) is 19.4 Å². The van der Waals surface area contributed by atoms with Crippen molar-refractivity contribution in [1.82, 2.24) is 4.98 Å². The minimum atomic E-state index is -0.893. The van der Waals surface area contributed by atoms with Crippen LogP contribution < -0.4 is 4.90 Å². The van der Waals surface area contributed by atoms with Gasteiger partial charge in [-0.3, -0.25) is 0 Å². The van der Waals surface area contributed by atoms with Gasteiger partial charge in [0.25, 0.3) is 0 Å². The molecule has 0 aromatic carbocycles. The maximum absolute atomic E-state index is 12.8. The maximum atomic E-state index is 12.8. The van der Waals surface area contributed by atoms with Crippen molar-refractivity contribution in [1.29, 1.82) is 0 Å². The Labute approximate surface area is 178 Å². The maximum Gasteiger partial charge on any atom is 0.425 e. The number of pyridine rings is 1. The summed E-state index contributed by atoms with van der Waals surface area (Å²) >= 11 is 0. The Balaban J connectivity index is 3.23. The van der Waals surface area contributed by atoms with Crippen LogP contribution in [-0.2, 0) is 25.4 Å². The van der Waals surface area contributed by atoms with Gasteiger partial charge >= 0.3 is 18.2 Å². The Hall–Kier alpha value is -2.90. The number of esters is 1. The topological polar surface area (TPSA) is 95.0 Å². The van der Waals surface area contributed by atoms with E-state index >= 15 is 0 Å². The number of nitrogens with zero attached hydrogens (tertiary/aromatic N) is 2. The molecule has 0 aliphatic rings. The van der Waals surface area contributed by atoms with Gasteiger partial charge in [0.15, 0.2) is 5.82 Å². The van der Waals surface area contributed by atoms with Gasteiger partial charge in [-0.1, -0.05) is 12.6 Å². The second kappa shape index (κ2) is 9.73. The van der Waals surface area contributed by atoms with E-state index in [1.54, 1.807) is 61.5 Å². The Kier molecular flexibility index (Phi) is 8.16. The lowest BCUT2D eigenvalue weighted by Gasteiger charge is -2.28. The lowest BCUT2D eigenvalue weighted by Crippen LogP contribution is -2.44. The monoisotopic (exact) mass is 420 g/mol. The second-order valence-electron chi connectivity index (χ2n) is 8.78. The van der Waals surface area contributed by atoms with Gasteiger partial charge in [-0.15, -0.1) is 0 Å². The van der Waals surface area contributed by atoms with E-state index < -0.39 is 29.4 Å². The summed E-state index contributed by atoms with van der Waals surface area (Å²) in [7, 11) is 0. The van der Waals surface area contributed by atoms with Gasteiger partial charge in [-0.2, -0.15) is 4.90 Å². The zero-order chi connectivity index (χ0) is 23.3. The highest BCUT2D eigenvalue weighted by Gasteiger charge is 2.34. The average molecular weight is 421 g/mol. The molecule has 166 valence electrons. The molecule has 0 radical (unpaired) electrons. The van der Waals surface area contributed by atoms with Crippen LogP contribution in [0.4, 0.5) is 15.4 Å². The molecular formula is C22H32N2O6. The van der Waals surface area contributed by atoms with Crippen LogP contribution in [-0.4, -0.2) is 40.9 Å². The minimum Gasteiger partial charge on any atom is -0.463 e. The van der Waals surface area contributed by atoms with Crippen molar-refractivity contribution in [2.75, 3.05) is 11.5 Å². The second-order valence-corrected chi connectivity index (χ2v) is 8.78. The van der Waals surface area contributed by atoms with Gasteiger partial charge in [-0.05, 0) is 66.5 Å². The molecule has 0 N–H and O–H groups in total. The molecule has 0 bridgehead atoms. The molecule has 0 spiro atoms. The molecule has 8 nitrogen and oxygen atoms in total. The summed E-state index contributed by atoms with van der Waals surface area (Å²) in [6.45, 7) is 17.6. The fraction of sp³-hybridized carbons (Fsp3) is 0.545. The third-order valence-electron chi connectivity index (χ3n) is 3.45. The number of carbonyl (C=O) groups is 3. The number of imide groups is 1. The minimum absolute atomic E-state index is 0.0870. The molecule has 1 rings (SSSR count). The molecule has 0 saturated heterocycles. The summed E-state index contributed by atoms with van der Waals surface area (Å²) in [5.41, 5.74) is -0.143. The van der Waals surface area contributed by atoms with E-state index in [1.165, 1.54) is 6.20 Å². The first-order valence-corrected chi connectivity index (χ1v) is 9.71. The van der Waals surface area contributed by atoms with E-state index in [0.29, 0.717) is 11.1 Å². The molecular weight excluding hydrogens is 388 g/mol. The molecule has 1 heterocycles. The van der Waals surface area contributed by atoms with Crippen LogP contribution in [0.25, 0.3) is 0 Å². The molecule has 0 atom stereocenters. The van der Waals surface area contributed by atoms with E-state index in [4.69, 9.17) is 14.2 Å². The largest absolute Gasteiger partial charge is 0.463 e. The predicted molar refractivity (Wildman–Crippen MR) is 113 cm³/mol. The van der Waals surface area contributed by atoms with Crippen LogP contribution in [0.15, 0.2) is 24.4 Å². The van der Waals surface area contributed by atoms with Gasteiger partial charge in [0.1, 0.15) is 11.2 Å². The lowest BCUT2D eigenvalue weighted by molar-refractivity contribution is -0.138. The molecule has 0 unspecified atom stereocenters. The third kappa shape index (κ3) is 7.85. The molecule has 0 aliphatic heterocycles. The van der Waals surface area contributed by atoms with E-state index in [0.717, 1.165) is 4.90 Å². The first-order valence-electron chi connectivity index (χ1n) is 9.71. The van der Waals surface area contributed by atoms with Gasteiger partial charge in [0.2, 0.25) is 0 Å². The summed E-state index contributed by atoms with van der Waals surface area (Å²) in [4.78, 5) is 42.3. The Morgan fingerprint density at radius 2 is 1.53 bits per heavy atom. The standard InChI is InChI=1S/C22H32N2O6/c1-10-28-18(25)15(3)12-16-11-14(2)17(23-13-16)24(19(26)29-21(4,5)6)20(27)30-22(7,8)9/h11,13H,3,10,12H2,1-2,4-9H3. The zero-order valence-electron chi connectivity index (χ0n) is 19.1. The third-order valence-corrected chi connectivity index (χ3v) is 3.45. The van der Waals surface area contributed by atoms with E-state index in [9.17, 15) is 14.4 Å². The quantitative estimate of drug-likeness (QED) is 0.386. The van der Waals surface area contributed by atoms with Crippen molar-refractivity contribution < 1.29 is 28.6 Å². The molecule has 0 fully saturated rings. The predicted octanol–water partition coefficient (Wildman–Crippen LogP) is 4.73. The van der Waals surface area contributed by atoms with Crippen LogP contribution >= 0.6 is 0 Å². The number of anilines is 1. The lowest BCUT2D eigenvalue weighted by atomic mass is 10.1. The Bertz CT molecular complexity index is 790. The summed E-state index contributed by atoms with van der Waals surface area (Å²) in [5, 5.41) is 0. The SMILES string of the molecule is C=C(Cc1cnc(N(C(=O)OC(C)(C)C)C(=O)OC(C)(C)C)c(C)c1)C(=O)OCC. The summed E-state index contributed by atoms with van der Waals surface area (Å²) in [6, 6.07) is 1.72. The Morgan fingerprint density at radius 1 is 1.03 bits per heavy atom. The first kappa shape index (κ1) is 25.1.